The van der Waals surface area contributed by atoms with Gasteiger partial charge in [-0.3, -0.25) is 10.2 Å². The topological polar surface area (TPSA) is 80.4 Å². The van der Waals surface area contributed by atoms with E-state index in [4.69, 9.17) is 5.73 Å². The van der Waals surface area contributed by atoms with E-state index in [2.05, 4.69) is 15.5 Å². The van der Waals surface area contributed by atoms with Gasteiger partial charge in [-0.15, -0.1) is 11.3 Å². The van der Waals surface area contributed by atoms with Crippen LogP contribution in [0.3, 0.4) is 0 Å². The molecule has 0 saturated carbocycles. The van der Waals surface area contributed by atoms with E-state index in [9.17, 15) is 9.18 Å². The Kier molecular flexibility index (Phi) is 3.80. The van der Waals surface area contributed by atoms with E-state index in [1.54, 1.807) is 0 Å². The smallest absolute Gasteiger partial charge is 0.272 e. The summed E-state index contributed by atoms with van der Waals surface area (Å²) in [6.07, 6.45) is 0. The largest absolute Gasteiger partial charge is 0.364 e. The number of nitrogens with two attached hydrogens (primary N) is 1. The number of benzene rings is 2. The number of aromatic nitrogens is 1. The summed E-state index contributed by atoms with van der Waals surface area (Å²) in [5.41, 5.74) is 9.41. The van der Waals surface area contributed by atoms with Crippen molar-refractivity contribution in [3.8, 4) is 0 Å². The summed E-state index contributed by atoms with van der Waals surface area (Å²) in [4.78, 5) is 16.0. The van der Waals surface area contributed by atoms with Crippen molar-refractivity contribution in [2.45, 2.75) is 0 Å². The number of hydrazone groups is 1. The van der Waals surface area contributed by atoms with Crippen LogP contribution in [-0.2, 0) is 4.79 Å². The highest BCUT2D eigenvalue weighted by Crippen LogP contribution is 2.22. The molecule has 3 aromatic rings. The maximum atomic E-state index is 12.9. The van der Waals surface area contributed by atoms with Crippen molar-refractivity contribution < 1.29 is 9.18 Å². The highest BCUT2D eigenvalue weighted by molar-refractivity contribution is 7.21. The molecule has 0 unspecified atom stereocenters. The molecule has 1 heterocycles. The van der Waals surface area contributed by atoms with Gasteiger partial charge in [0, 0.05) is 0 Å². The molecule has 0 spiro atoms. The summed E-state index contributed by atoms with van der Waals surface area (Å²) in [5, 5.41) is 4.44. The zero-order valence-corrected chi connectivity index (χ0v) is 12.1. The number of hydrogen-bond donors (Lipinski definition) is 2. The summed E-state index contributed by atoms with van der Waals surface area (Å²) in [7, 11) is 0. The fourth-order valence-corrected chi connectivity index (χ4v) is 2.79. The van der Waals surface area contributed by atoms with Crippen molar-refractivity contribution in [1.29, 1.82) is 0 Å². The van der Waals surface area contributed by atoms with Crippen molar-refractivity contribution in [1.82, 2.24) is 4.98 Å². The number of anilines is 1. The second-order valence-electron chi connectivity index (χ2n) is 4.43. The maximum Gasteiger partial charge on any atom is 0.272 e. The minimum Gasteiger partial charge on any atom is -0.364 e. The number of carbonyl (C=O) groups excluding carboxylic acids is 1. The van der Waals surface area contributed by atoms with Crippen LogP contribution in [0.1, 0.15) is 5.01 Å². The highest BCUT2D eigenvalue weighted by Gasteiger charge is 2.16. The second kappa shape index (κ2) is 5.90. The standard InChI is InChI=1S/C15H11FN4OS/c16-9-5-7-10(8-6-9)19-20-13(14(17)21)15-18-11-3-1-2-4-12(11)22-15/h1-8,19H,(H2,17,21). The van der Waals surface area contributed by atoms with Gasteiger partial charge in [0.15, 0.2) is 10.7 Å². The first-order valence-electron chi connectivity index (χ1n) is 6.38. The molecule has 0 aliphatic rings. The Bertz CT molecular complexity index is 824. The molecule has 0 saturated heterocycles. The van der Waals surface area contributed by atoms with Crippen LogP contribution in [0, 0.1) is 5.82 Å². The zero-order chi connectivity index (χ0) is 15.5. The Hall–Kier alpha value is -2.80. The third kappa shape index (κ3) is 2.94. The fraction of sp³-hybridized carbons (Fsp3) is 0. The van der Waals surface area contributed by atoms with Crippen LogP contribution in [0.25, 0.3) is 10.2 Å². The third-order valence-corrected chi connectivity index (χ3v) is 3.91. The molecule has 1 aromatic heterocycles. The normalized spacial score (nSPS) is 11.6. The van der Waals surface area contributed by atoms with Gasteiger partial charge in [0.05, 0.1) is 15.9 Å². The first kappa shape index (κ1) is 14.2. The predicted octanol–water partition coefficient (Wildman–Crippen LogP) is 2.74. The van der Waals surface area contributed by atoms with Crippen LogP contribution in [0.2, 0.25) is 0 Å². The van der Waals surface area contributed by atoms with Gasteiger partial charge in [0.1, 0.15) is 5.82 Å². The Morgan fingerprint density at radius 1 is 1.18 bits per heavy atom. The molecule has 0 aliphatic heterocycles. The number of nitrogens with zero attached hydrogens (tertiary/aromatic N) is 2. The van der Waals surface area contributed by atoms with Gasteiger partial charge in [-0.1, -0.05) is 12.1 Å². The molecule has 0 aliphatic carbocycles. The molecule has 3 N–H and O–H groups in total. The number of primary amides is 1. The van der Waals surface area contributed by atoms with Crippen LogP contribution >= 0.6 is 11.3 Å². The average molecular weight is 314 g/mol. The molecule has 1 amide bonds. The number of halogens is 1. The van der Waals surface area contributed by atoms with Crippen LogP contribution in [0.15, 0.2) is 53.6 Å². The van der Waals surface area contributed by atoms with E-state index in [0.717, 1.165) is 10.2 Å². The van der Waals surface area contributed by atoms with Crippen molar-refractivity contribution in [3.05, 3.63) is 59.4 Å². The number of thiazole rings is 1. The lowest BCUT2D eigenvalue weighted by molar-refractivity contribution is -0.111. The molecule has 0 fully saturated rings. The van der Waals surface area contributed by atoms with Crippen molar-refractivity contribution in [2.24, 2.45) is 10.8 Å². The van der Waals surface area contributed by atoms with Gasteiger partial charge in [-0.05, 0) is 36.4 Å². The first-order valence-corrected chi connectivity index (χ1v) is 7.20. The molecule has 0 bridgehead atoms. The van der Waals surface area contributed by atoms with Crippen molar-refractivity contribution in [2.75, 3.05) is 5.43 Å². The summed E-state index contributed by atoms with van der Waals surface area (Å²) < 4.78 is 13.8. The molecule has 5 nitrogen and oxygen atoms in total. The molecule has 22 heavy (non-hydrogen) atoms. The van der Waals surface area contributed by atoms with E-state index < -0.39 is 5.91 Å². The Labute approximate surface area is 129 Å². The number of amides is 1. The van der Waals surface area contributed by atoms with E-state index in [-0.39, 0.29) is 11.5 Å². The van der Waals surface area contributed by atoms with E-state index >= 15 is 0 Å². The molecule has 3 rings (SSSR count). The SMILES string of the molecule is NC(=O)C(=NNc1ccc(F)cc1)c1nc2ccccc2s1. The van der Waals surface area contributed by atoms with E-state index in [1.807, 2.05) is 24.3 Å². The molecule has 2 aromatic carbocycles. The van der Waals surface area contributed by atoms with Crippen molar-refractivity contribution in [3.63, 3.8) is 0 Å². The molecular weight excluding hydrogens is 303 g/mol. The number of nitrogens with one attached hydrogen (secondary N) is 1. The zero-order valence-electron chi connectivity index (χ0n) is 11.3. The number of para-hydroxylation sites is 1. The van der Waals surface area contributed by atoms with Crippen LogP contribution in [0.5, 0.6) is 0 Å². The highest BCUT2D eigenvalue weighted by atomic mass is 32.1. The van der Waals surface area contributed by atoms with Crippen molar-refractivity contribution >= 4 is 38.9 Å². The first-order chi connectivity index (χ1) is 10.6. The van der Waals surface area contributed by atoms with Gasteiger partial charge in [0.2, 0.25) is 0 Å². The summed E-state index contributed by atoms with van der Waals surface area (Å²) in [5.74, 6) is -1.04. The van der Waals surface area contributed by atoms with Crippen LogP contribution in [-0.4, -0.2) is 16.6 Å². The van der Waals surface area contributed by atoms with Gasteiger partial charge < -0.3 is 5.73 Å². The lowest BCUT2D eigenvalue weighted by Crippen LogP contribution is -2.25. The predicted molar refractivity (Wildman–Crippen MR) is 85.4 cm³/mol. The number of rotatable bonds is 4. The minimum absolute atomic E-state index is 0.0329. The van der Waals surface area contributed by atoms with Crippen LogP contribution < -0.4 is 11.2 Å². The average Bonchev–Trinajstić information content (AvgIpc) is 2.92. The van der Waals surface area contributed by atoms with Gasteiger partial charge >= 0.3 is 0 Å². The lowest BCUT2D eigenvalue weighted by Gasteiger charge is -2.02. The Morgan fingerprint density at radius 3 is 2.59 bits per heavy atom. The number of hydrogen-bond acceptors (Lipinski definition) is 5. The van der Waals surface area contributed by atoms with Crippen LogP contribution in [0.4, 0.5) is 10.1 Å². The molecule has 110 valence electrons. The molecule has 0 atom stereocenters. The van der Waals surface area contributed by atoms with Gasteiger partial charge in [-0.25, -0.2) is 9.37 Å². The number of fused-ring (bicyclic) bond motifs is 1. The molecular formula is C15H11FN4OS. The molecule has 7 heteroatoms. The molecule has 0 radical (unpaired) electrons. The lowest BCUT2D eigenvalue weighted by atomic mass is 10.3. The summed E-state index contributed by atoms with van der Waals surface area (Å²) >= 11 is 1.33. The quantitative estimate of drug-likeness (QED) is 0.574. The Balaban J connectivity index is 1.93. The summed E-state index contributed by atoms with van der Waals surface area (Å²) in [6, 6.07) is 13.1. The van der Waals surface area contributed by atoms with E-state index in [1.165, 1.54) is 35.6 Å². The minimum atomic E-state index is -0.686. The summed E-state index contributed by atoms with van der Waals surface area (Å²) in [6.45, 7) is 0. The monoisotopic (exact) mass is 314 g/mol. The van der Waals surface area contributed by atoms with Gasteiger partial charge in [0.25, 0.3) is 5.91 Å². The van der Waals surface area contributed by atoms with Gasteiger partial charge in [-0.2, -0.15) is 5.10 Å². The second-order valence-corrected chi connectivity index (χ2v) is 5.46. The van der Waals surface area contributed by atoms with E-state index in [0.29, 0.717) is 10.7 Å². The maximum absolute atomic E-state index is 12.9. The fourth-order valence-electron chi connectivity index (χ4n) is 1.83. The number of carbonyl (C=O) groups is 1. The third-order valence-electron chi connectivity index (χ3n) is 2.87. The Morgan fingerprint density at radius 2 is 1.91 bits per heavy atom.